The average Bonchev–Trinajstić information content (AvgIpc) is 2.90. The van der Waals surface area contributed by atoms with Crippen molar-refractivity contribution >= 4 is 74.9 Å². The Morgan fingerprint density at radius 1 is 1.05 bits per heavy atom. The van der Waals surface area contributed by atoms with Crippen LogP contribution in [0.5, 0.6) is 5.75 Å². The van der Waals surface area contributed by atoms with E-state index in [1.165, 1.54) is 0 Å². The van der Waals surface area contributed by atoms with Crippen LogP contribution in [0.4, 0.5) is 28.8 Å². The zero-order chi connectivity index (χ0) is 27.9. The van der Waals surface area contributed by atoms with Gasteiger partial charge in [0.15, 0.2) is 0 Å². The molecule has 0 atom stereocenters. The predicted octanol–water partition coefficient (Wildman–Crippen LogP) is 5.33. The van der Waals surface area contributed by atoms with E-state index in [1.807, 2.05) is 32.3 Å². The summed E-state index contributed by atoms with van der Waals surface area (Å²) in [4.78, 5) is 32.6. The van der Waals surface area contributed by atoms with Gasteiger partial charge in [0.1, 0.15) is 11.6 Å². The van der Waals surface area contributed by atoms with E-state index in [0.29, 0.717) is 39.8 Å². The molecule has 10 nitrogen and oxygen atoms in total. The number of halogens is 1. The van der Waals surface area contributed by atoms with Gasteiger partial charge in [-0.25, -0.2) is 4.98 Å². The number of aromatic nitrogens is 4. The van der Waals surface area contributed by atoms with Gasteiger partial charge in [0, 0.05) is 41.7 Å². The fraction of sp³-hybridized carbons (Fsp3) is 0.296. The van der Waals surface area contributed by atoms with Crippen molar-refractivity contribution in [3.8, 4) is 5.75 Å². The second kappa shape index (κ2) is 13.1. The Labute approximate surface area is 237 Å². The van der Waals surface area contributed by atoms with Crippen LogP contribution >= 0.6 is 23.9 Å². The van der Waals surface area contributed by atoms with Gasteiger partial charge >= 0.3 is 0 Å². The van der Waals surface area contributed by atoms with E-state index in [2.05, 4.69) is 65.1 Å². The predicted molar refractivity (Wildman–Crippen MR) is 164 cm³/mol. The molecular weight excluding hydrogens is 579 g/mol. The SMILES string of the molecule is COc1ccc(NC(=O)CCCN(C)C)cc1Nc1ncc(Br)c(Nc2ccc3nccnc3c2P(C)C)n1. The second-order valence-electron chi connectivity index (χ2n) is 9.29. The Morgan fingerprint density at radius 3 is 2.59 bits per heavy atom. The Bertz CT molecular complexity index is 1470. The van der Waals surface area contributed by atoms with Crippen LogP contribution in [0.1, 0.15) is 12.8 Å². The van der Waals surface area contributed by atoms with Crippen molar-refractivity contribution in [1.29, 1.82) is 0 Å². The van der Waals surface area contributed by atoms with Crippen molar-refractivity contribution in [1.82, 2.24) is 24.8 Å². The number of amides is 1. The van der Waals surface area contributed by atoms with Crippen LogP contribution in [-0.4, -0.2) is 71.8 Å². The highest BCUT2D eigenvalue weighted by molar-refractivity contribution is 9.10. The van der Waals surface area contributed by atoms with E-state index in [1.54, 1.807) is 37.8 Å². The first-order valence-electron chi connectivity index (χ1n) is 12.4. The number of methoxy groups -OCH3 is 1. The van der Waals surface area contributed by atoms with Gasteiger partial charge in [-0.3, -0.25) is 14.8 Å². The van der Waals surface area contributed by atoms with Gasteiger partial charge in [0.05, 0.1) is 28.3 Å². The number of nitrogens with zero attached hydrogens (tertiary/aromatic N) is 5. The van der Waals surface area contributed by atoms with Crippen molar-refractivity contribution < 1.29 is 9.53 Å². The smallest absolute Gasteiger partial charge is 0.229 e. The fourth-order valence-corrected chi connectivity index (χ4v) is 5.50. The number of hydrogen-bond donors (Lipinski definition) is 3. The second-order valence-corrected chi connectivity index (χ2v) is 12.4. The quantitative estimate of drug-likeness (QED) is 0.194. The lowest BCUT2D eigenvalue weighted by Crippen LogP contribution is -2.17. The minimum absolute atomic E-state index is 0.0398. The first kappa shape index (κ1) is 28.6. The lowest BCUT2D eigenvalue weighted by atomic mass is 10.2. The molecule has 0 aliphatic carbocycles. The topological polar surface area (TPSA) is 117 Å². The van der Waals surface area contributed by atoms with E-state index in [9.17, 15) is 4.79 Å². The van der Waals surface area contributed by atoms with E-state index in [4.69, 9.17) is 9.72 Å². The third-order valence-corrected chi connectivity index (χ3v) is 7.72. The first-order chi connectivity index (χ1) is 18.7. The molecule has 2 heterocycles. The molecule has 0 saturated heterocycles. The van der Waals surface area contributed by atoms with E-state index in [0.717, 1.165) is 35.0 Å². The molecule has 204 valence electrons. The lowest BCUT2D eigenvalue weighted by Gasteiger charge is -2.18. The van der Waals surface area contributed by atoms with Crippen molar-refractivity contribution in [2.75, 3.05) is 57.0 Å². The van der Waals surface area contributed by atoms with Gasteiger partial charge < -0.3 is 25.6 Å². The molecule has 12 heteroatoms. The van der Waals surface area contributed by atoms with Gasteiger partial charge in [-0.1, -0.05) is 7.92 Å². The maximum absolute atomic E-state index is 12.4. The molecule has 0 aliphatic heterocycles. The summed E-state index contributed by atoms with van der Waals surface area (Å²) in [6, 6.07) is 9.36. The molecule has 2 aromatic heterocycles. The number of carbonyl (C=O) groups excluding carboxylic acids is 1. The fourth-order valence-electron chi connectivity index (χ4n) is 4.00. The summed E-state index contributed by atoms with van der Waals surface area (Å²) >= 11 is 3.57. The minimum Gasteiger partial charge on any atom is -0.495 e. The maximum atomic E-state index is 12.4. The summed E-state index contributed by atoms with van der Waals surface area (Å²) in [5.74, 6) is 1.52. The van der Waals surface area contributed by atoms with E-state index >= 15 is 0 Å². The van der Waals surface area contributed by atoms with Gasteiger partial charge in [0.25, 0.3) is 0 Å². The Morgan fingerprint density at radius 2 is 1.85 bits per heavy atom. The number of rotatable bonds is 11. The highest BCUT2D eigenvalue weighted by Gasteiger charge is 2.16. The van der Waals surface area contributed by atoms with Crippen molar-refractivity contribution in [3.05, 3.63) is 53.4 Å². The Kier molecular flexibility index (Phi) is 9.61. The van der Waals surface area contributed by atoms with E-state index < -0.39 is 7.92 Å². The number of benzene rings is 2. The number of carbonyl (C=O) groups is 1. The highest BCUT2D eigenvalue weighted by atomic mass is 79.9. The molecule has 0 aliphatic rings. The maximum Gasteiger partial charge on any atom is 0.229 e. The monoisotopic (exact) mass is 610 g/mol. The van der Waals surface area contributed by atoms with Crippen molar-refractivity contribution in [3.63, 3.8) is 0 Å². The van der Waals surface area contributed by atoms with Crippen LogP contribution in [0.15, 0.2) is 53.4 Å². The van der Waals surface area contributed by atoms with Gasteiger partial charge in [-0.15, -0.1) is 0 Å². The number of hydrogen-bond acceptors (Lipinski definition) is 9. The van der Waals surface area contributed by atoms with Crippen LogP contribution in [0, 0.1) is 0 Å². The van der Waals surface area contributed by atoms with Crippen molar-refractivity contribution in [2.45, 2.75) is 12.8 Å². The molecule has 0 spiro atoms. The summed E-state index contributed by atoms with van der Waals surface area (Å²) in [6.45, 7) is 5.23. The molecule has 0 saturated carbocycles. The highest BCUT2D eigenvalue weighted by Crippen LogP contribution is 2.35. The molecule has 4 aromatic rings. The molecule has 0 unspecified atom stereocenters. The molecule has 39 heavy (non-hydrogen) atoms. The molecular formula is C27H32BrN8O2P. The number of ether oxygens (including phenoxy) is 1. The summed E-state index contributed by atoms with van der Waals surface area (Å²) in [5, 5.41) is 10.8. The van der Waals surface area contributed by atoms with Crippen LogP contribution in [-0.2, 0) is 4.79 Å². The third-order valence-electron chi connectivity index (χ3n) is 5.80. The molecule has 1 amide bonds. The molecule has 0 radical (unpaired) electrons. The van der Waals surface area contributed by atoms with E-state index in [-0.39, 0.29) is 5.91 Å². The summed E-state index contributed by atoms with van der Waals surface area (Å²) in [5.41, 5.74) is 3.94. The Hall–Kier alpha value is -3.40. The zero-order valence-electron chi connectivity index (χ0n) is 22.6. The summed E-state index contributed by atoms with van der Waals surface area (Å²) in [7, 11) is 5.09. The first-order valence-corrected chi connectivity index (χ1v) is 15.4. The molecule has 0 fully saturated rings. The molecule has 2 aromatic carbocycles. The molecule has 3 N–H and O–H groups in total. The van der Waals surface area contributed by atoms with Crippen LogP contribution < -0.4 is 26.0 Å². The van der Waals surface area contributed by atoms with Crippen LogP contribution in [0.3, 0.4) is 0 Å². The minimum atomic E-state index is -0.487. The summed E-state index contributed by atoms with van der Waals surface area (Å²) < 4.78 is 6.24. The lowest BCUT2D eigenvalue weighted by molar-refractivity contribution is -0.116. The van der Waals surface area contributed by atoms with Crippen molar-refractivity contribution in [2.24, 2.45) is 0 Å². The van der Waals surface area contributed by atoms with Gasteiger partial charge in [-0.2, -0.15) is 4.98 Å². The third kappa shape index (κ3) is 7.38. The molecule has 0 bridgehead atoms. The average molecular weight is 611 g/mol. The zero-order valence-corrected chi connectivity index (χ0v) is 25.1. The molecule has 4 rings (SSSR count). The van der Waals surface area contributed by atoms with Crippen LogP contribution in [0.25, 0.3) is 11.0 Å². The Balaban J connectivity index is 1.57. The largest absolute Gasteiger partial charge is 0.495 e. The standard InChI is InChI=1S/C27H32BrN8O2P/c1-36(2)14-6-7-23(37)32-17-8-11-22(38-3)21(15-17)34-27-31-16-18(28)26(35-27)33-20-10-9-19-24(25(20)39(4)5)30-13-12-29-19/h8-13,15-16H,6-7,14H2,1-5H3,(H,32,37)(H2,31,33,34,35). The normalized spacial score (nSPS) is 11.2. The van der Waals surface area contributed by atoms with Crippen LogP contribution in [0.2, 0.25) is 0 Å². The number of anilines is 5. The van der Waals surface area contributed by atoms with Gasteiger partial charge in [-0.05, 0) is 86.7 Å². The number of fused-ring (bicyclic) bond motifs is 1. The number of nitrogens with one attached hydrogen (secondary N) is 3. The van der Waals surface area contributed by atoms with Gasteiger partial charge in [0.2, 0.25) is 11.9 Å². The summed E-state index contributed by atoms with van der Waals surface area (Å²) in [6.07, 6.45) is 6.32.